The van der Waals surface area contributed by atoms with Crippen molar-refractivity contribution in [1.29, 1.82) is 0 Å². The molecule has 2 rings (SSSR count). The molecule has 0 aromatic carbocycles. The highest BCUT2D eigenvalue weighted by Crippen LogP contribution is 2.24. The van der Waals surface area contributed by atoms with E-state index < -0.39 is 0 Å². The van der Waals surface area contributed by atoms with Gasteiger partial charge in [-0.2, -0.15) is 5.10 Å². The number of nitrogens with zero attached hydrogens (tertiary/aromatic N) is 3. The van der Waals surface area contributed by atoms with Gasteiger partial charge in [0.15, 0.2) is 0 Å². The number of rotatable bonds is 1. The molecule has 1 fully saturated rings. The van der Waals surface area contributed by atoms with E-state index in [0.29, 0.717) is 5.92 Å². The van der Waals surface area contributed by atoms with Gasteiger partial charge < -0.3 is 4.90 Å². The van der Waals surface area contributed by atoms with E-state index in [-0.39, 0.29) is 0 Å². The minimum absolute atomic E-state index is 0.653. The second-order valence-electron chi connectivity index (χ2n) is 4.02. The lowest BCUT2D eigenvalue weighted by molar-refractivity contribution is 0.248. The maximum atomic E-state index is 4.46. The first kappa shape index (κ1) is 12.2. The van der Waals surface area contributed by atoms with Gasteiger partial charge in [0.05, 0.1) is 5.69 Å². The Balaban J connectivity index is 0.000000531. The van der Waals surface area contributed by atoms with Gasteiger partial charge in [-0.15, -0.1) is 0 Å². The van der Waals surface area contributed by atoms with Crippen LogP contribution in [0.4, 0.5) is 0 Å². The summed E-state index contributed by atoms with van der Waals surface area (Å²) in [5.41, 5.74) is 1.26. The molecule has 1 aromatic heterocycles. The summed E-state index contributed by atoms with van der Waals surface area (Å²) in [6.45, 7) is 6.40. The van der Waals surface area contributed by atoms with Crippen LogP contribution in [0.25, 0.3) is 0 Å². The van der Waals surface area contributed by atoms with Crippen molar-refractivity contribution in [3.05, 3.63) is 18.0 Å². The van der Waals surface area contributed by atoms with Crippen LogP contribution in [0.1, 0.15) is 38.3 Å². The van der Waals surface area contributed by atoms with E-state index in [1.807, 2.05) is 31.8 Å². The van der Waals surface area contributed by atoms with Gasteiger partial charge in [-0.3, -0.25) is 4.68 Å². The molecular weight excluding hydrogens is 186 g/mol. The molecule has 3 nitrogen and oxygen atoms in total. The minimum atomic E-state index is 0.653. The summed E-state index contributed by atoms with van der Waals surface area (Å²) in [7, 11) is 4.17. The van der Waals surface area contributed by atoms with Crippen molar-refractivity contribution in [3.8, 4) is 0 Å². The van der Waals surface area contributed by atoms with Gasteiger partial charge in [-0.05, 0) is 32.5 Å². The van der Waals surface area contributed by atoms with Crippen molar-refractivity contribution in [2.45, 2.75) is 32.6 Å². The van der Waals surface area contributed by atoms with Gasteiger partial charge in [0, 0.05) is 25.7 Å². The number of likely N-dealkylation sites (N-methyl/N-ethyl adjacent to an activating group) is 1. The Morgan fingerprint density at radius 3 is 2.60 bits per heavy atom. The average Bonchev–Trinajstić information content (AvgIpc) is 2.68. The molecule has 0 bridgehead atoms. The van der Waals surface area contributed by atoms with Crippen LogP contribution in [-0.4, -0.2) is 34.8 Å². The highest BCUT2D eigenvalue weighted by molar-refractivity contribution is 5.08. The van der Waals surface area contributed by atoms with E-state index >= 15 is 0 Å². The Morgan fingerprint density at radius 1 is 1.33 bits per heavy atom. The van der Waals surface area contributed by atoms with E-state index in [1.165, 1.54) is 25.1 Å². The molecule has 0 aliphatic carbocycles. The Morgan fingerprint density at radius 2 is 2.07 bits per heavy atom. The predicted molar refractivity (Wildman–Crippen MR) is 64.0 cm³/mol. The number of likely N-dealkylation sites (tertiary alicyclic amines) is 1. The summed E-state index contributed by atoms with van der Waals surface area (Å²) in [4.78, 5) is 2.39. The van der Waals surface area contributed by atoms with E-state index in [1.54, 1.807) is 0 Å². The van der Waals surface area contributed by atoms with E-state index in [0.717, 1.165) is 6.54 Å². The van der Waals surface area contributed by atoms with Crippen molar-refractivity contribution in [3.63, 3.8) is 0 Å². The third kappa shape index (κ3) is 3.34. The maximum Gasteiger partial charge on any atom is 0.0668 e. The second-order valence-corrected chi connectivity index (χ2v) is 4.02. The summed E-state index contributed by atoms with van der Waals surface area (Å²) in [6.07, 6.45) is 4.63. The van der Waals surface area contributed by atoms with Gasteiger partial charge in [-0.1, -0.05) is 13.8 Å². The molecule has 2 heterocycles. The zero-order valence-electron chi connectivity index (χ0n) is 10.4. The Bertz CT molecular complexity index is 280. The fourth-order valence-corrected chi connectivity index (χ4v) is 2.06. The molecule has 15 heavy (non-hydrogen) atoms. The molecular formula is C12H23N3. The normalized spacial score (nSPS) is 22.0. The van der Waals surface area contributed by atoms with Gasteiger partial charge in [-0.25, -0.2) is 0 Å². The van der Waals surface area contributed by atoms with Gasteiger partial charge in [0.1, 0.15) is 0 Å². The maximum absolute atomic E-state index is 4.46. The molecule has 86 valence electrons. The van der Waals surface area contributed by atoms with E-state index in [9.17, 15) is 0 Å². The van der Waals surface area contributed by atoms with Crippen molar-refractivity contribution in [1.82, 2.24) is 14.7 Å². The van der Waals surface area contributed by atoms with Crippen LogP contribution in [0.15, 0.2) is 12.3 Å². The van der Waals surface area contributed by atoms with Crippen molar-refractivity contribution < 1.29 is 0 Å². The summed E-state index contributed by atoms with van der Waals surface area (Å²) in [6, 6.07) is 2.14. The Kier molecular flexibility index (Phi) is 4.82. The molecule has 1 atom stereocenters. The standard InChI is InChI=1S/C10H17N3.C2H6/c1-12-6-3-4-9(8-12)10-5-7-13(2)11-10;1-2/h5,7,9H,3-4,6,8H2,1-2H3;1-2H3. The third-order valence-corrected chi connectivity index (χ3v) is 2.78. The molecule has 0 spiro atoms. The first-order valence-electron chi connectivity index (χ1n) is 5.94. The summed E-state index contributed by atoms with van der Waals surface area (Å²) < 4.78 is 1.89. The molecule has 1 aromatic rings. The lowest BCUT2D eigenvalue weighted by Gasteiger charge is -2.28. The Labute approximate surface area is 93.1 Å². The van der Waals surface area contributed by atoms with Crippen LogP contribution >= 0.6 is 0 Å². The summed E-state index contributed by atoms with van der Waals surface area (Å²) in [5, 5.41) is 4.46. The monoisotopic (exact) mass is 209 g/mol. The predicted octanol–water partition coefficient (Wildman–Crippen LogP) is 2.26. The molecule has 0 amide bonds. The second kappa shape index (κ2) is 5.91. The fraction of sp³-hybridized carbons (Fsp3) is 0.750. The first-order chi connectivity index (χ1) is 7.25. The number of hydrogen-bond donors (Lipinski definition) is 0. The zero-order chi connectivity index (χ0) is 11.3. The fourth-order valence-electron chi connectivity index (χ4n) is 2.06. The van der Waals surface area contributed by atoms with Crippen LogP contribution in [0.2, 0.25) is 0 Å². The number of aromatic nitrogens is 2. The number of aryl methyl sites for hydroxylation is 1. The van der Waals surface area contributed by atoms with Crippen LogP contribution in [-0.2, 0) is 7.05 Å². The molecule has 0 radical (unpaired) electrons. The molecule has 0 saturated carbocycles. The number of hydrogen-bond acceptors (Lipinski definition) is 2. The zero-order valence-corrected chi connectivity index (χ0v) is 10.4. The topological polar surface area (TPSA) is 21.1 Å². The van der Waals surface area contributed by atoms with Crippen molar-refractivity contribution in [2.24, 2.45) is 7.05 Å². The molecule has 1 saturated heterocycles. The minimum Gasteiger partial charge on any atom is -0.306 e. The lowest BCUT2D eigenvalue weighted by atomic mass is 9.95. The molecule has 1 aliphatic rings. The average molecular weight is 209 g/mol. The molecule has 0 N–H and O–H groups in total. The quantitative estimate of drug-likeness (QED) is 0.707. The van der Waals surface area contributed by atoms with Gasteiger partial charge in [0.2, 0.25) is 0 Å². The molecule has 1 unspecified atom stereocenters. The summed E-state index contributed by atoms with van der Waals surface area (Å²) >= 11 is 0. The largest absolute Gasteiger partial charge is 0.306 e. The molecule has 1 aliphatic heterocycles. The van der Waals surface area contributed by atoms with Crippen molar-refractivity contribution >= 4 is 0 Å². The third-order valence-electron chi connectivity index (χ3n) is 2.78. The smallest absolute Gasteiger partial charge is 0.0668 e. The van der Waals surface area contributed by atoms with Gasteiger partial charge >= 0.3 is 0 Å². The van der Waals surface area contributed by atoms with Crippen LogP contribution < -0.4 is 0 Å². The lowest BCUT2D eigenvalue weighted by Crippen LogP contribution is -2.31. The van der Waals surface area contributed by atoms with Crippen LogP contribution in [0, 0.1) is 0 Å². The Hall–Kier alpha value is -0.830. The molecule has 3 heteroatoms. The van der Waals surface area contributed by atoms with E-state index in [4.69, 9.17) is 0 Å². The highest BCUT2D eigenvalue weighted by atomic mass is 15.3. The van der Waals surface area contributed by atoms with E-state index in [2.05, 4.69) is 23.1 Å². The number of piperidine rings is 1. The highest BCUT2D eigenvalue weighted by Gasteiger charge is 2.20. The summed E-state index contributed by atoms with van der Waals surface area (Å²) in [5.74, 6) is 0.653. The first-order valence-corrected chi connectivity index (χ1v) is 5.94. The van der Waals surface area contributed by atoms with Crippen molar-refractivity contribution in [2.75, 3.05) is 20.1 Å². The SMILES string of the molecule is CC.CN1CCCC(c2ccn(C)n2)C1. The van der Waals surface area contributed by atoms with Crippen LogP contribution in [0.5, 0.6) is 0 Å². The van der Waals surface area contributed by atoms with Crippen LogP contribution in [0.3, 0.4) is 0 Å². The van der Waals surface area contributed by atoms with Gasteiger partial charge in [0.25, 0.3) is 0 Å².